The monoisotopic (exact) mass is 284 g/mol. The molecule has 3 unspecified atom stereocenters. The van der Waals surface area contributed by atoms with E-state index >= 15 is 0 Å². The molecule has 0 bridgehead atoms. The van der Waals surface area contributed by atoms with Crippen LogP contribution in [0.1, 0.15) is 58.8 Å². The molecule has 2 saturated heterocycles. The van der Waals surface area contributed by atoms with Gasteiger partial charge in [-0.1, -0.05) is 26.7 Å². The smallest absolute Gasteiger partial charge is 0.0784 e. The van der Waals surface area contributed by atoms with Gasteiger partial charge in [-0.2, -0.15) is 11.8 Å². The van der Waals surface area contributed by atoms with Gasteiger partial charge in [-0.05, 0) is 49.2 Å². The highest BCUT2D eigenvalue weighted by Crippen LogP contribution is 2.53. The molecule has 1 aliphatic carbocycles. The summed E-state index contributed by atoms with van der Waals surface area (Å²) in [6, 6.07) is 0. The van der Waals surface area contributed by atoms with Crippen LogP contribution in [-0.2, 0) is 4.74 Å². The zero-order valence-electron chi connectivity index (χ0n) is 12.4. The third-order valence-corrected chi connectivity index (χ3v) is 7.24. The van der Waals surface area contributed by atoms with E-state index in [1.807, 2.05) is 11.8 Å². The lowest BCUT2D eigenvalue weighted by Gasteiger charge is -2.54. The van der Waals surface area contributed by atoms with Crippen molar-refractivity contribution in [2.45, 2.75) is 70.0 Å². The van der Waals surface area contributed by atoms with Crippen LogP contribution in [-0.4, -0.2) is 34.4 Å². The van der Waals surface area contributed by atoms with E-state index in [-0.39, 0.29) is 11.0 Å². The van der Waals surface area contributed by atoms with Crippen LogP contribution < -0.4 is 0 Å². The minimum absolute atomic E-state index is 0.0696. The first kappa shape index (κ1) is 14.2. The Balaban J connectivity index is 1.80. The molecule has 2 aliphatic heterocycles. The Bertz CT molecular complexity index is 336. The van der Waals surface area contributed by atoms with Crippen LogP contribution in [0.4, 0.5) is 0 Å². The third-order valence-electron chi connectivity index (χ3n) is 6.02. The Kier molecular flexibility index (Phi) is 3.68. The highest BCUT2D eigenvalue weighted by molar-refractivity contribution is 7.99. The number of thioether (sulfide) groups is 1. The minimum atomic E-state index is -0.463. The summed E-state index contributed by atoms with van der Waals surface area (Å²) in [6.45, 7) is 5.40. The van der Waals surface area contributed by atoms with Gasteiger partial charge in [-0.15, -0.1) is 0 Å². The maximum atomic E-state index is 11.4. The van der Waals surface area contributed by atoms with Crippen LogP contribution in [0.25, 0.3) is 0 Å². The van der Waals surface area contributed by atoms with E-state index in [4.69, 9.17) is 4.74 Å². The first-order chi connectivity index (χ1) is 8.98. The fourth-order valence-corrected chi connectivity index (χ4v) is 5.95. The van der Waals surface area contributed by atoms with E-state index in [1.165, 1.54) is 31.4 Å². The summed E-state index contributed by atoms with van der Waals surface area (Å²) in [5, 5.41) is 11.4. The number of aliphatic hydroxyl groups is 1. The van der Waals surface area contributed by atoms with Crippen molar-refractivity contribution in [2.75, 3.05) is 18.1 Å². The molecule has 2 nitrogen and oxygen atoms in total. The number of hydrogen-bond acceptors (Lipinski definition) is 3. The molecule has 3 atom stereocenters. The molecule has 3 fully saturated rings. The van der Waals surface area contributed by atoms with Gasteiger partial charge in [-0.3, -0.25) is 0 Å². The second kappa shape index (κ2) is 4.92. The number of hydrogen-bond donors (Lipinski definition) is 1. The Morgan fingerprint density at radius 1 is 1.16 bits per heavy atom. The van der Waals surface area contributed by atoms with Gasteiger partial charge in [0.05, 0.1) is 11.2 Å². The molecule has 2 heterocycles. The van der Waals surface area contributed by atoms with Gasteiger partial charge < -0.3 is 9.84 Å². The van der Waals surface area contributed by atoms with Gasteiger partial charge in [0.25, 0.3) is 0 Å². The van der Waals surface area contributed by atoms with Crippen LogP contribution in [0, 0.1) is 11.3 Å². The van der Waals surface area contributed by atoms with Crippen molar-refractivity contribution in [1.29, 1.82) is 0 Å². The van der Waals surface area contributed by atoms with Gasteiger partial charge in [-0.25, -0.2) is 0 Å². The molecular weight excluding hydrogens is 256 g/mol. The van der Waals surface area contributed by atoms with E-state index in [1.54, 1.807) is 0 Å². The maximum Gasteiger partial charge on any atom is 0.0784 e. The Morgan fingerprint density at radius 3 is 2.63 bits per heavy atom. The molecule has 3 rings (SSSR count). The van der Waals surface area contributed by atoms with E-state index in [0.717, 1.165) is 31.6 Å². The fraction of sp³-hybridized carbons (Fsp3) is 1.00. The molecule has 0 aromatic rings. The molecule has 19 heavy (non-hydrogen) atoms. The van der Waals surface area contributed by atoms with E-state index in [9.17, 15) is 5.11 Å². The summed E-state index contributed by atoms with van der Waals surface area (Å²) in [5.74, 6) is 2.81. The van der Waals surface area contributed by atoms with Crippen LogP contribution >= 0.6 is 11.8 Å². The van der Waals surface area contributed by atoms with Crippen LogP contribution in [0.2, 0.25) is 0 Å². The normalized spacial score (nSPS) is 46.6. The minimum Gasteiger partial charge on any atom is -0.389 e. The average Bonchev–Trinajstić information content (AvgIpc) is 2.81. The van der Waals surface area contributed by atoms with Crippen molar-refractivity contribution in [3.63, 3.8) is 0 Å². The summed E-state index contributed by atoms with van der Waals surface area (Å²) in [7, 11) is 0. The van der Waals surface area contributed by atoms with E-state index in [2.05, 4.69) is 13.8 Å². The standard InChI is InChI=1S/C16H28O2S/c1-14(2)6-3-4-7-16(14,17)13-5-9-18-15(11-13)8-10-19-12-15/h13,17H,3-12H2,1-2H3. The van der Waals surface area contributed by atoms with Crippen LogP contribution in [0.5, 0.6) is 0 Å². The summed E-state index contributed by atoms with van der Waals surface area (Å²) in [4.78, 5) is 0. The van der Waals surface area contributed by atoms with Crippen molar-refractivity contribution in [3.8, 4) is 0 Å². The van der Waals surface area contributed by atoms with E-state index < -0.39 is 5.60 Å². The predicted molar refractivity (Wildman–Crippen MR) is 80.5 cm³/mol. The first-order valence-electron chi connectivity index (χ1n) is 7.92. The lowest BCUT2D eigenvalue weighted by molar-refractivity contribution is -0.186. The van der Waals surface area contributed by atoms with Crippen molar-refractivity contribution >= 4 is 11.8 Å². The number of rotatable bonds is 1. The number of ether oxygens (including phenoxy) is 1. The van der Waals surface area contributed by atoms with Gasteiger partial charge in [0, 0.05) is 12.4 Å². The first-order valence-corrected chi connectivity index (χ1v) is 9.07. The summed E-state index contributed by atoms with van der Waals surface area (Å²) in [6.07, 6.45) is 7.95. The molecule has 1 N–H and O–H groups in total. The van der Waals surface area contributed by atoms with Gasteiger partial charge in [0.1, 0.15) is 0 Å². The average molecular weight is 284 g/mol. The van der Waals surface area contributed by atoms with Gasteiger partial charge in [0.15, 0.2) is 0 Å². The molecule has 110 valence electrons. The Labute approximate surface area is 121 Å². The lowest BCUT2D eigenvalue weighted by Crippen LogP contribution is -2.57. The van der Waals surface area contributed by atoms with Gasteiger partial charge >= 0.3 is 0 Å². The Hall–Kier alpha value is 0.270. The largest absolute Gasteiger partial charge is 0.389 e. The van der Waals surface area contributed by atoms with Crippen molar-refractivity contribution in [2.24, 2.45) is 11.3 Å². The molecule has 1 spiro atoms. The third kappa shape index (κ3) is 2.36. The summed E-state index contributed by atoms with van der Waals surface area (Å²) in [5.41, 5.74) is -0.299. The topological polar surface area (TPSA) is 29.5 Å². The predicted octanol–water partition coefficient (Wildman–Crippen LogP) is 3.62. The second-order valence-electron chi connectivity index (χ2n) is 7.54. The molecule has 1 saturated carbocycles. The molecular formula is C16H28O2S. The SMILES string of the molecule is CC1(C)CCCCC1(O)C1CCOC2(CCSC2)C1. The summed E-state index contributed by atoms with van der Waals surface area (Å²) >= 11 is 2.02. The van der Waals surface area contributed by atoms with E-state index in [0.29, 0.717) is 5.92 Å². The second-order valence-corrected chi connectivity index (χ2v) is 8.64. The van der Waals surface area contributed by atoms with Crippen molar-refractivity contribution < 1.29 is 9.84 Å². The molecule has 0 radical (unpaired) electrons. The zero-order chi connectivity index (χ0) is 13.6. The van der Waals surface area contributed by atoms with Crippen LogP contribution in [0.3, 0.4) is 0 Å². The molecule has 0 aromatic carbocycles. The molecule has 3 aliphatic rings. The quantitative estimate of drug-likeness (QED) is 0.797. The fourth-order valence-electron chi connectivity index (χ4n) is 4.57. The Morgan fingerprint density at radius 2 is 1.95 bits per heavy atom. The molecule has 3 heteroatoms. The molecule has 0 amide bonds. The van der Waals surface area contributed by atoms with Crippen molar-refractivity contribution in [3.05, 3.63) is 0 Å². The molecule has 0 aromatic heterocycles. The zero-order valence-corrected chi connectivity index (χ0v) is 13.2. The highest BCUT2D eigenvalue weighted by Gasteiger charge is 2.54. The lowest BCUT2D eigenvalue weighted by atomic mass is 9.57. The van der Waals surface area contributed by atoms with Gasteiger partial charge in [0.2, 0.25) is 0 Å². The summed E-state index contributed by atoms with van der Waals surface area (Å²) < 4.78 is 6.13. The maximum absolute atomic E-state index is 11.4. The van der Waals surface area contributed by atoms with Crippen LogP contribution in [0.15, 0.2) is 0 Å². The highest BCUT2D eigenvalue weighted by atomic mass is 32.2. The van der Waals surface area contributed by atoms with Crippen molar-refractivity contribution in [1.82, 2.24) is 0 Å².